The third kappa shape index (κ3) is 19.2. The van der Waals surface area contributed by atoms with E-state index in [-0.39, 0.29) is 6.04 Å². The second-order valence-corrected chi connectivity index (χ2v) is 7.36. The van der Waals surface area contributed by atoms with Gasteiger partial charge in [-0.25, -0.2) is 0 Å². The highest BCUT2D eigenvalue weighted by Crippen LogP contribution is 2.08. The van der Waals surface area contributed by atoms with Crippen LogP contribution in [-0.2, 0) is 9.59 Å². The quantitative estimate of drug-likeness (QED) is 0.244. The van der Waals surface area contributed by atoms with Crippen molar-refractivity contribution in [1.29, 1.82) is 0 Å². The number of aliphatic carboxylic acids is 2. The van der Waals surface area contributed by atoms with Crippen molar-refractivity contribution in [3.63, 3.8) is 0 Å². The van der Waals surface area contributed by atoms with Crippen molar-refractivity contribution in [1.82, 2.24) is 5.32 Å². The lowest BCUT2D eigenvalue weighted by Gasteiger charge is -1.99. The monoisotopic (exact) mass is 395 g/mol. The van der Waals surface area contributed by atoms with E-state index >= 15 is 0 Å². The molecule has 1 heterocycles. The van der Waals surface area contributed by atoms with Crippen LogP contribution in [0.5, 0.6) is 0 Å². The van der Waals surface area contributed by atoms with Crippen molar-refractivity contribution in [3.8, 4) is 0 Å². The molecule has 1 aliphatic heterocycles. The molecule has 0 spiro atoms. The number of carboxylic acid groups (broad SMARTS) is 2. The molecule has 0 aromatic rings. The van der Waals surface area contributed by atoms with Crippen LogP contribution in [0.25, 0.3) is 0 Å². The van der Waals surface area contributed by atoms with E-state index in [0.717, 1.165) is 45.1 Å². The molecule has 0 radical (unpaired) electrons. The number of rotatable bonds is 15. The zero-order chi connectivity index (χ0) is 20.9. The summed E-state index contributed by atoms with van der Waals surface area (Å²) in [6.45, 7) is 3.09. The van der Waals surface area contributed by atoms with E-state index < -0.39 is 11.9 Å². The minimum absolute atomic E-state index is 0.269. The SMILES string of the molecule is CCCCC/C=C\C/C=C\CCCCCCCC(=O)O.O=C(O)C1CCCN1. The molecule has 1 aliphatic rings. The maximum Gasteiger partial charge on any atom is 0.320 e. The fourth-order valence-corrected chi connectivity index (χ4v) is 2.98. The molecule has 1 atom stereocenters. The fraction of sp³-hybridized carbons (Fsp3) is 0.739. The molecular formula is C23H41NO4. The Morgan fingerprint density at radius 2 is 1.50 bits per heavy atom. The first-order chi connectivity index (χ1) is 13.6. The van der Waals surface area contributed by atoms with Gasteiger partial charge in [0.05, 0.1) is 0 Å². The topological polar surface area (TPSA) is 86.6 Å². The summed E-state index contributed by atoms with van der Waals surface area (Å²) >= 11 is 0. The third-order valence-corrected chi connectivity index (χ3v) is 4.70. The van der Waals surface area contributed by atoms with Gasteiger partial charge in [-0.15, -0.1) is 0 Å². The number of hydrogen-bond acceptors (Lipinski definition) is 3. The van der Waals surface area contributed by atoms with Crippen LogP contribution in [0, 0.1) is 0 Å². The summed E-state index contributed by atoms with van der Waals surface area (Å²) in [5.74, 6) is -1.39. The zero-order valence-corrected chi connectivity index (χ0v) is 17.7. The highest BCUT2D eigenvalue weighted by atomic mass is 16.4. The largest absolute Gasteiger partial charge is 0.481 e. The van der Waals surface area contributed by atoms with Crippen LogP contribution in [0.4, 0.5) is 0 Å². The molecule has 1 unspecified atom stereocenters. The highest BCUT2D eigenvalue weighted by molar-refractivity contribution is 5.73. The van der Waals surface area contributed by atoms with E-state index in [1.165, 1.54) is 44.9 Å². The number of allylic oxidation sites excluding steroid dienone is 4. The molecule has 1 rings (SSSR count). The van der Waals surface area contributed by atoms with Crippen molar-refractivity contribution in [3.05, 3.63) is 24.3 Å². The normalized spacial score (nSPS) is 16.4. The molecule has 0 bridgehead atoms. The van der Waals surface area contributed by atoms with E-state index in [4.69, 9.17) is 10.2 Å². The maximum absolute atomic E-state index is 10.3. The van der Waals surface area contributed by atoms with Crippen molar-refractivity contribution in [2.75, 3.05) is 6.54 Å². The van der Waals surface area contributed by atoms with Gasteiger partial charge in [0.15, 0.2) is 0 Å². The van der Waals surface area contributed by atoms with E-state index in [1.807, 2.05) is 0 Å². The molecule has 0 aliphatic carbocycles. The standard InChI is InChI=1S/C18H32O2.C5H9NO2/c1-2-3-4-5-6-7-8-9-10-11-12-13-14-15-16-17-18(19)20;7-5(8)4-2-1-3-6-4/h6-7,9-10H,2-5,8,11-17H2,1H3,(H,19,20);4,6H,1-3H2,(H,7,8)/b7-6-,10-9-;. The van der Waals surface area contributed by atoms with Crippen LogP contribution >= 0.6 is 0 Å². The predicted octanol–water partition coefficient (Wildman–Crippen LogP) is 5.71. The molecular weight excluding hydrogens is 354 g/mol. The van der Waals surface area contributed by atoms with Gasteiger partial charge >= 0.3 is 11.9 Å². The lowest BCUT2D eigenvalue weighted by molar-refractivity contribution is -0.139. The molecule has 162 valence electrons. The third-order valence-electron chi connectivity index (χ3n) is 4.70. The van der Waals surface area contributed by atoms with Crippen LogP contribution in [0.15, 0.2) is 24.3 Å². The summed E-state index contributed by atoms with van der Waals surface area (Å²) in [6, 6.07) is -0.269. The Kier molecular flexibility index (Phi) is 19.0. The number of unbranched alkanes of at least 4 members (excludes halogenated alkanes) is 8. The molecule has 1 fully saturated rings. The summed E-state index contributed by atoms with van der Waals surface area (Å²) in [5.41, 5.74) is 0. The Morgan fingerprint density at radius 3 is 2.00 bits per heavy atom. The molecule has 0 aromatic heterocycles. The summed E-state index contributed by atoms with van der Waals surface area (Å²) in [7, 11) is 0. The van der Waals surface area contributed by atoms with E-state index in [9.17, 15) is 9.59 Å². The van der Waals surface area contributed by atoms with Crippen molar-refractivity contribution >= 4 is 11.9 Å². The van der Waals surface area contributed by atoms with Crippen LogP contribution in [0.1, 0.15) is 96.8 Å². The molecule has 3 N–H and O–H groups in total. The lowest BCUT2D eigenvalue weighted by atomic mass is 10.1. The van der Waals surface area contributed by atoms with Gasteiger partial charge in [0.2, 0.25) is 0 Å². The first kappa shape index (κ1) is 26.4. The van der Waals surface area contributed by atoms with Crippen molar-refractivity contribution in [2.24, 2.45) is 0 Å². The molecule has 1 saturated heterocycles. The first-order valence-electron chi connectivity index (χ1n) is 11.1. The van der Waals surface area contributed by atoms with Gasteiger partial charge in [0, 0.05) is 6.42 Å². The Morgan fingerprint density at radius 1 is 0.893 bits per heavy atom. The Bertz CT molecular complexity index is 440. The zero-order valence-electron chi connectivity index (χ0n) is 17.7. The maximum atomic E-state index is 10.3. The summed E-state index contributed by atoms with van der Waals surface area (Å²) < 4.78 is 0. The minimum Gasteiger partial charge on any atom is -0.481 e. The summed E-state index contributed by atoms with van der Waals surface area (Å²) in [4.78, 5) is 20.5. The average molecular weight is 396 g/mol. The summed E-state index contributed by atoms with van der Waals surface area (Å²) in [5, 5.41) is 19.7. The van der Waals surface area contributed by atoms with E-state index in [0.29, 0.717) is 6.42 Å². The van der Waals surface area contributed by atoms with Gasteiger partial charge in [-0.1, -0.05) is 63.3 Å². The smallest absolute Gasteiger partial charge is 0.320 e. The fourth-order valence-electron chi connectivity index (χ4n) is 2.98. The van der Waals surface area contributed by atoms with E-state index in [2.05, 4.69) is 36.5 Å². The van der Waals surface area contributed by atoms with Crippen LogP contribution < -0.4 is 5.32 Å². The molecule has 5 heteroatoms. The number of carbonyl (C=O) groups is 2. The van der Waals surface area contributed by atoms with Gasteiger partial charge in [-0.05, 0) is 57.9 Å². The molecule has 0 amide bonds. The second kappa shape index (κ2) is 20.1. The van der Waals surface area contributed by atoms with Crippen LogP contribution in [-0.4, -0.2) is 34.7 Å². The Balaban J connectivity index is 0.000000749. The molecule has 0 saturated carbocycles. The van der Waals surface area contributed by atoms with Gasteiger partial charge < -0.3 is 15.5 Å². The Hall–Kier alpha value is -1.62. The first-order valence-corrected chi connectivity index (χ1v) is 11.1. The molecule has 28 heavy (non-hydrogen) atoms. The van der Waals surface area contributed by atoms with Crippen LogP contribution in [0.3, 0.4) is 0 Å². The van der Waals surface area contributed by atoms with Crippen LogP contribution in [0.2, 0.25) is 0 Å². The van der Waals surface area contributed by atoms with E-state index in [1.54, 1.807) is 0 Å². The molecule has 5 nitrogen and oxygen atoms in total. The predicted molar refractivity (Wildman–Crippen MR) is 116 cm³/mol. The van der Waals surface area contributed by atoms with Gasteiger partial charge in [-0.2, -0.15) is 0 Å². The van der Waals surface area contributed by atoms with Crippen molar-refractivity contribution < 1.29 is 19.8 Å². The minimum atomic E-state index is -0.720. The highest BCUT2D eigenvalue weighted by Gasteiger charge is 2.20. The number of carboxylic acids is 2. The van der Waals surface area contributed by atoms with Gasteiger partial charge in [0.1, 0.15) is 6.04 Å². The summed E-state index contributed by atoms with van der Waals surface area (Å²) in [6.07, 6.45) is 24.1. The lowest BCUT2D eigenvalue weighted by Crippen LogP contribution is -2.29. The number of hydrogen-bond donors (Lipinski definition) is 3. The van der Waals surface area contributed by atoms with Gasteiger partial charge in [0.25, 0.3) is 0 Å². The van der Waals surface area contributed by atoms with Crippen molar-refractivity contribution in [2.45, 2.75) is 103 Å². The Labute approximate surface area is 171 Å². The average Bonchev–Trinajstić information content (AvgIpc) is 3.20. The molecule has 0 aromatic carbocycles. The van der Waals surface area contributed by atoms with Gasteiger partial charge in [-0.3, -0.25) is 9.59 Å². The number of nitrogens with one attached hydrogen (secondary N) is 1. The second-order valence-electron chi connectivity index (χ2n) is 7.36.